The third-order valence-electron chi connectivity index (χ3n) is 9.44. The second kappa shape index (κ2) is 18.8. The van der Waals surface area contributed by atoms with Crippen molar-refractivity contribution in [2.75, 3.05) is 51.3 Å². The molecule has 0 aromatic heterocycles. The Hall–Kier alpha value is -4.12. The van der Waals surface area contributed by atoms with E-state index in [1.54, 1.807) is 23.0 Å². The van der Waals surface area contributed by atoms with Crippen LogP contribution in [0.4, 0.5) is 5.69 Å². The Morgan fingerprint density at radius 2 is 1.70 bits per heavy atom. The van der Waals surface area contributed by atoms with E-state index >= 15 is 0 Å². The van der Waals surface area contributed by atoms with Gasteiger partial charge in [0.2, 0.25) is 5.91 Å². The molecule has 0 unspecified atom stereocenters. The first-order valence-electron chi connectivity index (χ1n) is 18.7. The van der Waals surface area contributed by atoms with Gasteiger partial charge in [-0.25, -0.2) is 0 Å². The number of hydrogen-bond donors (Lipinski definition) is 1. The van der Waals surface area contributed by atoms with E-state index in [2.05, 4.69) is 50.4 Å². The van der Waals surface area contributed by atoms with Crippen molar-refractivity contribution in [3.63, 3.8) is 0 Å². The number of rotatable bonds is 15. The van der Waals surface area contributed by atoms with Crippen molar-refractivity contribution in [3.05, 3.63) is 88.4 Å². The Kier molecular flexibility index (Phi) is 14.2. The van der Waals surface area contributed by atoms with Crippen molar-refractivity contribution in [1.29, 1.82) is 0 Å². The van der Waals surface area contributed by atoms with Crippen LogP contribution < -0.4 is 19.7 Å². The van der Waals surface area contributed by atoms with Gasteiger partial charge in [-0.1, -0.05) is 74.8 Å². The average Bonchev–Trinajstić information content (AvgIpc) is 3.22. The van der Waals surface area contributed by atoms with Crippen LogP contribution in [0.1, 0.15) is 82.6 Å². The summed E-state index contributed by atoms with van der Waals surface area (Å²) in [4.78, 5) is 43.2. The number of likely N-dealkylation sites (tertiary alicyclic amines) is 1. The molecular weight excluding hydrogens is 694 g/mol. The van der Waals surface area contributed by atoms with Gasteiger partial charge in [0, 0.05) is 61.2 Å². The number of ether oxygens (including phenoxy) is 4. The fourth-order valence-electron chi connectivity index (χ4n) is 6.97. The minimum absolute atomic E-state index is 0.146. The molecule has 53 heavy (non-hydrogen) atoms. The van der Waals surface area contributed by atoms with E-state index in [1.165, 1.54) is 12.5 Å². The molecule has 1 fully saturated rings. The van der Waals surface area contributed by atoms with Crippen LogP contribution in [0.25, 0.3) is 0 Å². The van der Waals surface area contributed by atoms with Crippen LogP contribution in [-0.4, -0.2) is 81.3 Å². The average molecular weight is 748 g/mol. The van der Waals surface area contributed by atoms with Crippen LogP contribution in [0.5, 0.6) is 11.5 Å². The number of carbonyl (C=O) groups is 3. The number of anilines is 1. The molecule has 2 heterocycles. The van der Waals surface area contributed by atoms with Gasteiger partial charge in [-0.05, 0) is 67.6 Å². The van der Waals surface area contributed by atoms with Crippen LogP contribution in [0, 0.1) is 5.41 Å². The highest BCUT2D eigenvalue weighted by Crippen LogP contribution is 2.46. The maximum Gasteiger partial charge on any atom is 0.302 e. The minimum Gasteiger partial charge on any atom is -0.492 e. The van der Waals surface area contributed by atoms with E-state index in [1.807, 2.05) is 36.4 Å². The number of piperidine rings is 1. The van der Waals surface area contributed by atoms with Gasteiger partial charge in [-0.3, -0.25) is 14.4 Å². The molecule has 2 atom stereocenters. The number of hydrogen-bond acceptors (Lipinski definition) is 8. The number of carbonyl (C=O) groups excluding carboxylic acids is 3. The lowest BCUT2D eigenvalue weighted by Gasteiger charge is -2.33. The molecule has 0 bridgehead atoms. The number of aryl methyl sites for hydroxylation is 1. The summed E-state index contributed by atoms with van der Waals surface area (Å²) in [5.74, 6) is 0.238. The predicted molar refractivity (Wildman–Crippen MR) is 207 cm³/mol. The minimum atomic E-state index is -1.09. The first kappa shape index (κ1) is 40.1. The van der Waals surface area contributed by atoms with Crippen molar-refractivity contribution < 1.29 is 33.3 Å². The molecule has 5 rings (SSSR count). The molecule has 0 aliphatic carbocycles. The van der Waals surface area contributed by atoms with Gasteiger partial charge in [-0.15, -0.1) is 0 Å². The highest BCUT2D eigenvalue weighted by Gasteiger charge is 2.41. The maximum absolute atomic E-state index is 14.5. The number of amides is 2. The molecule has 11 heteroatoms. The Morgan fingerprint density at radius 3 is 2.40 bits per heavy atom. The Labute approximate surface area is 319 Å². The number of para-hydroxylation sites is 1. The molecule has 286 valence electrons. The van der Waals surface area contributed by atoms with Gasteiger partial charge in [0.05, 0.1) is 20.1 Å². The number of fused-ring (bicyclic) bond motifs is 1. The van der Waals surface area contributed by atoms with E-state index in [0.717, 1.165) is 32.4 Å². The fourth-order valence-corrected chi connectivity index (χ4v) is 7.15. The molecular formula is C42H54ClN3O7. The zero-order chi connectivity index (χ0) is 38.0. The van der Waals surface area contributed by atoms with Gasteiger partial charge in [0.1, 0.15) is 18.3 Å². The molecule has 3 aromatic carbocycles. The summed E-state index contributed by atoms with van der Waals surface area (Å²) in [6, 6.07) is 21.6. The SMILES string of the molecule is COc1c(OCCCNCCCc2ccccc2)cccc1[C@@H]1O[C@@H](CC(=O)N2CCC(OC(C)=O)CC2)C(=O)N(CC(C)(C)C)c2ccc(Cl)cc21. The Balaban J connectivity index is 1.34. The number of esters is 1. The molecule has 0 radical (unpaired) electrons. The zero-order valence-corrected chi connectivity index (χ0v) is 32.5. The third kappa shape index (κ3) is 11.2. The Morgan fingerprint density at radius 1 is 0.962 bits per heavy atom. The standard InChI is InChI=1S/C42H54ClN3O7/c1-29(47)52-32-19-23-45(24-20-32)38(48)27-37-41(49)46(28-42(2,3)4)35-18-17-31(43)26-34(35)39(53-37)33-15-9-16-36(40(33)50-5)51-25-11-22-44-21-10-14-30-12-7-6-8-13-30/h6-9,12-13,15-18,26,32,37,39,44H,10-11,14,19-25,27-28H2,1-5H3/t37-,39-/m0/s1. The van der Waals surface area contributed by atoms with Crippen LogP contribution in [0.15, 0.2) is 66.7 Å². The van der Waals surface area contributed by atoms with Crippen LogP contribution in [0.2, 0.25) is 5.02 Å². The molecule has 10 nitrogen and oxygen atoms in total. The first-order valence-corrected chi connectivity index (χ1v) is 19.1. The van der Waals surface area contributed by atoms with Crippen molar-refractivity contribution in [2.24, 2.45) is 5.41 Å². The lowest BCUT2D eigenvalue weighted by Crippen LogP contribution is -2.47. The predicted octanol–water partition coefficient (Wildman–Crippen LogP) is 7.15. The zero-order valence-electron chi connectivity index (χ0n) is 31.7. The first-order chi connectivity index (χ1) is 25.4. The van der Waals surface area contributed by atoms with Crippen LogP contribution >= 0.6 is 11.6 Å². The number of nitrogens with one attached hydrogen (secondary N) is 1. The molecule has 0 spiro atoms. The van der Waals surface area contributed by atoms with E-state index < -0.39 is 12.2 Å². The molecule has 2 amide bonds. The monoisotopic (exact) mass is 747 g/mol. The van der Waals surface area contributed by atoms with Crippen molar-refractivity contribution in [1.82, 2.24) is 10.2 Å². The summed E-state index contributed by atoms with van der Waals surface area (Å²) in [5.41, 5.74) is 3.11. The van der Waals surface area contributed by atoms with Gasteiger partial charge < -0.3 is 34.1 Å². The summed E-state index contributed by atoms with van der Waals surface area (Å²) in [7, 11) is 1.59. The quantitative estimate of drug-likeness (QED) is 0.129. The molecule has 0 saturated carbocycles. The van der Waals surface area contributed by atoms with Gasteiger partial charge in [-0.2, -0.15) is 0 Å². The van der Waals surface area contributed by atoms with Gasteiger partial charge in [0.15, 0.2) is 11.5 Å². The summed E-state index contributed by atoms with van der Waals surface area (Å²) in [6.45, 7) is 11.1. The largest absolute Gasteiger partial charge is 0.492 e. The molecule has 2 aliphatic heterocycles. The fraction of sp³-hybridized carbons (Fsp3) is 0.500. The third-order valence-corrected chi connectivity index (χ3v) is 9.67. The number of nitrogens with zero attached hydrogens (tertiary/aromatic N) is 2. The normalized spacial score (nSPS) is 18.0. The highest BCUT2D eigenvalue weighted by atomic mass is 35.5. The second-order valence-corrected chi connectivity index (χ2v) is 15.4. The second-order valence-electron chi connectivity index (χ2n) is 15.0. The Bertz CT molecular complexity index is 1690. The van der Waals surface area contributed by atoms with Gasteiger partial charge >= 0.3 is 5.97 Å². The van der Waals surface area contributed by atoms with E-state index in [0.29, 0.717) is 72.4 Å². The molecule has 2 aliphatic rings. The molecule has 1 N–H and O–H groups in total. The summed E-state index contributed by atoms with van der Waals surface area (Å²) < 4.78 is 24.4. The van der Waals surface area contributed by atoms with Crippen molar-refractivity contribution in [2.45, 2.75) is 84.5 Å². The molecule has 3 aromatic rings. The topological polar surface area (TPSA) is 107 Å². The highest BCUT2D eigenvalue weighted by molar-refractivity contribution is 6.30. The lowest BCUT2D eigenvalue weighted by atomic mass is 9.94. The lowest BCUT2D eigenvalue weighted by molar-refractivity contribution is -0.151. The number of halogens is 1. The van der Waals surface area contributed by atoms with E-state index in [4.69, 9.17) is 30.5 Å². The van der Waals surface area contributed by atoms with Crippen molar-refractivity contribution >= 4 is 35.1 Å². The number of benzene rings is 3. The maximum atomic E-state index is 14.5. The number of methoxy groups -OCH3 is 1. The van der Waals surface area contributed by atoms with E-state index in [-0.39, 0.29) is 35.7 Å². The van der Waals surface area contributed by atoms with E-state index in [9.17, 15) is 14.4 Å². The van der Waals surface area contributed by atoms with Crippen molar-refractivity contribution in [3.8, 4) is 11.5 Å². The summed E-state index contributed by atoms with van der Waals surface area (Å²) in [5, 5.41) is 4.00. The molecule has 1 saturated heterocycles. The van der Waals surface area contributed by atoms with Crippen LogP contribution in [-0.2, 0) is 30.3 Å². The summed E-state index contributed by atoms with van der Waals surface area (Å²) in [6.07, 6.45) is 1.73. The smallest absolute Gasteiger partial charge is 0.302 e. The summed E-state index contributed by atoms with van der Waals surface area (Å²) >= 11 is 6.62. The van der Waals surface area contributed by atoms with Gasteiger partial charge in [0.25, 0.3) is 5.91 Å². The van der Waals surface area contributed by atoms with Crippen LogP contribution in [0.3, 0.4) is 0 Å².